The number of aromatic amines is 1. The van der Waals surface area contributed by atoms with Crippen molar-refractivity contribution in [3.8, 4) is 22.5 Å². The molecule has 6 aromatic rings. The third kappa shape index (κ3) is 7.02. The quantitative estimate of drug-likeness (QED) is 0.207. The molecule has 7 nitrogen and oxygen atoms in total. The average Bonchev–Trinajstić information content (AvgIpc) is 3.50. The Labute approximate surface area is 257 Å². The Morgan fingerprint density at radius 3 is 1.80 bits per heavy atom. The molecule has 45 heavy (non-hydrogen) atoms. The Balaban J connectivity index is 0.000000460. The van der Waals surface area contributed by atoms with E-state index in [4.69, 9.17) is 24.9 Å². The van der Waals surface area contributed by atoms with Gasteiger partial charge in [-0.15, -0.1) is 0 Å². The summed E-state index contributed by atoms with van der Waals surface area (Å²) in [7, 11) is 0. The van der Waals surface area contributed by atoms with Crippen LogP contribution in [0.15, 0.2) is 103 Å². The van der Waals surface area contributed by atoms with Gasteiger partial charge in [0, 0.05) is 23.6 Å². The van der Waals surface area contributed by atoms with Gasteiger partial charge in [0.05, 0.1) is 33.5 Å². The van der Waals surface area contributed by atoms with Gasteiger partial charge in [0.25, 0.3) is 0 Å². The minimum absolute atomic E-state index is 0.504. The average molecular weight is 610 g/mol. The van der Waals surface area contributed by atoms with Crippen LogP contribution in [0.25, 0.3) is 44.6 Å². The number of carbonyl (C=O) groups is 1. The second-order valence-electron chi connectivity index (χ2n) is 11.0. The molecule has 3 heterocycles. The van der Waals surface area contributed by atoms with Gasteiger partial charge in [-0.1, -0.05) is 78.9 Å². The van der Waals surface area contributed by atoms with Gasteiger partial charge < -0.3 is 10.1 Å². The Kier molecular flexibility index (Phi) is 8.57. The fourth-order valence-corrected chi connectivity index (χ4v) is 5.56. The molecule has 4 aromatic carbocycles. The van der Waals surface area contributed by atoms with Crippen LogP contribution in [0.5, 0.6) is 0 Å². The van der Waals surface area contributed by atoms with Crippen molar-refractivity contribution in [3.63, 3.8) is 0 Å². The van der Waals surface area contributed by atoms with Crippen molar-refractivity contribution in [3.05, 3.63) is 115 Å². The van der Waals surface area contributed by atoms with Crippen LogP contribution in [0.2, 0.25) is 0 Å². The highest BCUT2D eigenvalue weighted by Gasteiger charge is 2.38. The second-order valence-corrected chi connectivity index (χ2v) is 11.0. The van der Waals surface area contributed by atoms with Crippen molar-refractivity contribution < 1.29 is 23.1 Å². The van der Waals surface area contributed by atoms with Crippen LogP contribution in [0.3, 0.4) is 0 Å². The van der Waals surface area contributed by atoms with Gasteiger partial charge in [-0.25, -0.2) is 19.7 Å². The van der Waals surface area contributed by atoms with Crippen LogP contribution in [0.1, 0.15) is 30.1 Å². The van der Waals surface area contributed by atoms with Crippen molar-refractivity contribution >= 4 is 28.0 Å². The first-order valence-electron chi connectivity index (χ1n) is 14.6. The van der Waals surface area contributed by atoms with Crippen molar-refractivity contribution in [2.24, 2.45) is 0 Å². The number of hydrogen-bond acceptors (Lipinski definition) is 5. The predicted octanol–water partition coefficient (Wildman–Crippen LogP) is 7.85. The molecular weight excluding hydrogens is 579 g/mol. The van der Waals surface area contributed by atoms with Crippen molar-refractivity contribution in [1.82, 2.24) is 24.8 Å². The molecule has 0 spiro atoms. The topological polar surface area (TPSA) is 95.0 Å². The van der Waals surface area contributed by atoms with Gasteiger partial charge in [-0.3, -0.25) is 4.90 Å². The summed E-state index contributed by atoms with van der Waals surface area (Å²) in [6.45, 7) is 3.12. The number of likely N-dealkylation sites (tertiary alicyclic amines) is 1. The lowest BCUT2D eigenvalue weighted by atomic mass is 9.95. The fourth-order valence-electron chi connectivity index (χ4n) is 5.56. The van der Waals surface area contributed by atoms with Crippen molar-refractivity contribution in [2.45, 2.75) is 31.5 Å². The number of piperidine rings is 1. The number of halogens is 3. The van der Waals surface area contributed by atoms with Crippen LogP contribution in [-0.2, 0) is 11.3 Å². The maximum absolute atomic E-state index is 10.6. The maximum Gasteiger partial charge on any atom is 0.490 e. The molecule has 0 radical (unpaired) electrons. The summed E-state index contributed by atoms with van der Waals surface area (Å²) in [6, 6.07) is 35.6. The number of carboxylic acids is 1. The molecule has 1 fully saturated rings. The molecule has 0 aliphatic carbocycles. The number of carboxylic acid groups (broad SMARTS) is 1. The normalized spacial score (nSPS) is 14.3. The monoisotopic (exact) mass is 609 g/mol. The van der Waals surface area contributed by atoms with E-state index in [-0.39, 0.29) is 0 Å². The molecule has 0 amide bonds. The van der Waals surface area contributed by atoms with Gasteiger partial charge in [-0.2, -0.15) is 13.2 Å². The fraction of sp³-hybridized carbons (Fsp3) is 0.200. The number of imidazole rings is 1. The molecule has 0 unspecified atom stereocenters. The second kappa shape index (κ2) is 12.9. The van der Waals surface area contributed by atoms with Gasteiger partial charge in [0.1, 0.15) is 5.82 Å². The van der Waals surface area contributed by atoms with E-state index in [1.807, 2.05) is 30.3 Å². The Morgan fingerprint density at radius 1 is 0.733 bits per heavy atom. The molecule has 1 saturated heterocycles. The summed E-state index contributed by atoms with van der Waals surface area (Å²) in [5.74, 6) is -1.11. The third-order valence-corrected chi connectivity index (χ3v) is 7.88. The summed E-state index contributed by atoms with van der Waals surface area (Å²) < 4.78 is 31.7. The van der Waals surface area contributed by atoms with E-state index in [0.717, 1.165) is 82.9 Å². The predicted molar refractivity (Wildman–Crippen MR) is 167 cm³/mol. The highest BCUT2D eigenvalue weighted by Crippen LogP contribution is 2.32. The molecule has 0 saturated carbocycles. The van der Waals surface area contributed by atoms with Gasteiger partial charge in [0.2, 0.25) is 0 Å². The highest BCUT2D eigenvalue weighted by atomic mass is 19.4. The largest absolute Gasteiger partial charge is 0.490 e. The minimum atomic E-state index is -5.08. The number of aliphatic carboxylic acids is 1. The van der Waals surface area contributed by atoms with Crippen molar-refractivity contribution in [2.75, 3.05) is 13.1 Å². The summed E-state index contributed by atoms with van der Waals surface area (Å²) in [6.07, 6.45) is -2.82. The molecule has 1 aliphatic rings. The van der Waals surface area contributed by atoms with Gasteiger partial charge in [-0.05, 0) is 55.8 Å². The third-order valence-electron chi connectivity index (χ3n) is 7.88. The number of hydrogen-bond donors (Lipinski definition) is 2. The maximum atomic E-state index is 10.6. The number of fused-ring (bicyclic) bond motifs is 2. The first kappa shape index (κ1) is 30.0. The zero-order valence-corrected chi connectivity index (χ0v) is 24.2. The SMILES string of the molecule is O=C(O)C(F)(F)F.c1ccc(-c2nc3ccccc3nc2-c2ccc(CN3CCC(c4nc5ccccc5[nH]4)CC3)cc2)cc1. The van der Waals surface area contributed by atoms with Gasteiger partial charge >= 0.3 is 12.1 Å². The first-order valence-corrected chi connectivity index (χ1v) is 14.6. The molecule has 228 valence electrons. The first-order chi connectivity index (χ1) is 21.7. The summed E-state index contributed by atoms with van der Waals surface area (Å²) in [5, 5.41) is 7.12. The van der Waals surface area contributed by atoms with Crippen LogP contribution in [-0.4, -0.2) is 55.2 Å². The lowest BCUT2D eigenvalue weighted by Gasteiger charge is -2.31. The molecule has 0 atom stereocenters. The van der Waals surface area contributed by atoms with E-state index in [9.17, 15) is 13.2 Å². The minimum Gasteiger partial charge on any atom is -0.475 e. The van der Waals surface area contributed by atoms with Crippen LogP contribution in [0.4, 0.5) is 13.2 Å². The summed E-state index contributed by atoms with van der Waals surface area (Å²) in [5.41, 5.74) is 9.37. The van der Waals surface area contributed by atoms with E-state index in [1.165, 1.54) is 5.56 Å². The number of para-hydroxylation sites is 4. The number of benzene rings is 4. The number of aromatic nitrogens is 4. The Morgan fingerprint density at radius 2 is 1.24 bits per heavy atom. The number of nitrogens with zero attached hydrogens (tertiary/aromatic N) is 4. The lowest BCUT2D eigenvalue weighted by molar-refractivity contribution is -0.192. The lowest BCUT2D eigenvalue weighted by Crippen LogP contribution is -2.32. The number of H-pyrrole nitrogens is 1. The van der Waals surface area contributed by atoms with E-state index in [0.29, 0.717) is 5.92 Å². The van der Waals surface area contributed by atoms with E-state index < -0.39 is 12.1 Å². The van der Waals surface area contributed by atoms with E-state index in [1.54, 1.807) is 0 Å². The van der Waals surface area contributed by atoms with Crippen LogP contribution in [0, 0.1) is 0 Å². The number of nitrogens with one attached hydrogen (secondary N) is 1. The van der Waals surface area contributed by atoms with Crippen LogP contribution < -0.4 is 0 Å². The van der Waals surface area contributed by atoms with E-state index in [2.05, 4.69) is 82.7 Å². The zero-order chi connectivity index (χ0) is 31.4. The number of alkyl halides is 3. The Hall–Kier alpha value is -5.09. The number of rotatable bonds is 5. The summed E-state index contributed by atoms with van der Waals surface area (Å²) >= 11 is 0. The smallest absolute Gasteiger partial charge is 0.475 e. The molecule has 2 N–H and O–H groups in total. The summed E-state index contributed by atoms with van der Waals surface area (Å²) in [4.78, 5) is 29.9. The molecule has 10 heteroatoms. The van der Waals surface area contributed by atoms with E-state index >= 15 is 0 Å². The van der Waals surface area contributed by atoms with Crippen molar-refractivity contribution in [1.29, 1.82) is 0 Å². The van der Waals surface area contributed by atoms with Gasteiger partial charge in [0.15, 0.2) is 0 Å². The molecule has 0 bridgehead atoms. The molecule has 2 aromatic heterocycles. The standard InChI is InChI=1S/C33H29N5.C2HF3O2/c1-2-8-24(9-3-1)31-32(35-28-11-5-4-10-27(28)34-31)25-16-14-23(15-17-25)22-38-20-18-26(19-21-38)33-36-29-12-6-7-13-30(29)37-33;3-2(4,5)1(6)7/h1-17,26H,18-22H2,(H,36,37);(H,6,7). The molecule has 1 aliphatic heterocycles. The highest BCUT2D eigenvalue weighted by molar-refractivity contribution is 5.86. The molecular formula is C35H30F3N5O2. The Bertz CT molecular complexity index is 1880. The zero-order valence-electron chi connectivity index (χ0n) is 24.2. The van der Waals surface area contributed by atoms with Crippen LogP contribution >= 0.6 is 0 Å². The molecule has 7 rings (SSSR count).